The molecule has 0 aliphatic heterocycles. The van der Waals surface area contributed by atoms with E-state index in [0.717, 1.165) is 33.5 Å². The molecule has 5 heteroatoms. The van der Waals surface area contributed by atoms with Gasteiger partial charge in [-0.2, -0.15) is 8.75 Å². The van der Waals surface area contributed by atoms with E-state index in [2.05, 4.69) is 18.7 Å². The molecule has 0 saturated carbocycles. The normalized spacial score (nSPS) is 10.9. The van der Waals surface area contributed by atoms with E-state index in [9.17, 15) is 0 Å². The van der Waals surface area contributed by atoms with Crippen LogP contribution in [0.1, 0.15) is 0 Å². The molecule has 0 N–H and O–H groups in total. The van der Waals surface area contributed by atoms with Gasteiger partial charge in [0.25, 0.3) is 0 Å². The van der Waals surface area contributed by atoms with Gasteiger partial charge in [0.2, 0.25) is 0 Å². The highest BCUT2D eigenvalue weighted by molar-refractivity contribution is 7.00. The summed E-state index contributed by atoms with van der Waals surface area (Å²) in [6.45, 7) is 0. The van der Waals surface area contributed by atoms with Crippen molar-refractivity contribution in [1.29, 1.82) is 0 Å². The second-order valence-electron chi connectivity index (χ2n) is 4.55. The lowest BCUT2D eigenvalue weighted by Crippen LogP contribution is -1.88. The van der Waals surface area contributed by atoms with Gasteiger partial charge in [-0.25, -0.2) is 0 Å². The molecule has 4 rings (SSSR count). The maximum atomic E-state index is 4.44. The van der Waals surface area contributed by atoms with E-state index < -0.39 is 0 Å². The van der Waals surface area contributed by atoms with Crippen molar-refractivity contribution in [1.82, 2.24) is 18.7 Å². The van der Waals surface area contributed by atoms with Crippen molar-refractivity contribution in [2.45, 2.75) is 0 Å². The highest BCUT2D eigenvalue weighted by atomic mass is 32.1. The van der Waals surface area contributed by atoms with Gasteiger partial charge in [0.05, 0.1) is 23.1 Å². The first-order valence-corrected chi connectivity index (χ1v) is 7.24. The largest absolute Gasteiger partial charge is 0.256 e. The van der Waals surface area contributed by atoms with Gasteiger partial charge in [-0.3, -0.25) is 9.97 Å². The van der Waals surface area contributed by atoms with Gasteiger partial charge < -0.3 is 0 Å². The second-order valence-corrected chi connectivity index (χ2v) is 5.08. The third-order valence-electron chi connectivity index (χ3n) is 3.30. The van der Waals surface area contributed by atoms with Crippen molar-refractivity contribution in [3.8, 4) is 22.5 Å². The molecule has 0 aliphatic carbocycles. The van der Waals surface area contributed by atoms with E-state index in [1.807, 2.05) is 48.5 Å². The number of fused-ring (bicyclic) bond motifs is 1. The van der Waals surface area contributed by atoms with Crippen LogP contribution in [0, 0.1) is 0 Å². The maximum absolute atomic E-state index is 4.44. The van der Waals surface area contributed by atoms with E-state index in [4.69, 9.17) is 0 Å². The Morgan fingerprint density at radius 1 is 0.619 bits per heavy atom. The van der Waals surface area contributed by atoms with Crippen LogP contribution in [0.25, 0.3) is 33.5 Å². The highest BCUT2D eigenvalue weighted by Crippen LogP contribution is 2.32. The second kappa shape index (κ2) is 5.03. The average molecular weight is 290 g/mol. The molecule has 3 heterocycles. The molecule has 100 valence electrons. The molecule has 3 aromatic heterocycles. The smallest absolute Gasteiger partial charge is 0.114 e. The molecule has 0 spiro atoms. The van der Waals surface area contributed by atoms with E-state index >= 15 is 0 Å². The van der Waals surface area contributed by atoms with Gasteiger partial charge in [0.15, 0.2) is 0 Å². The minimum Gasteiger partial charge on any atom is -0.256 e. The summed E-state index contributed by atoms with van der Waals surface area (Å²) in [7, 11) is 0. The number of aromatic nitrogens is 4. The van der Waals surface area contributed by atoms with Crippen molar-refractivity contribution >= 4 is 22.8 Å². The SMILES string of the molecule is c1ccc(-c2ccc(-c3ccccn3)c3nsnc23)nc1. The van der Waals surface area contributed by atoms with Crippen molar-refractivity contribution in [3.63, 3.8) is 0 Å². The third-order valence-corrected chi connectivity index (χ3v) is 3.83. The van der Waals surface area contributed by atoms with Crippen LogP contribution in [-0.4, -0.2) is 18.7 Å². The van der Waals surface area contributed by atoms with Crippen LogP contribution in [-0.2, 0) is 0 Å². The summed E-state index contributed by atoms with van der Waals surface area (Å²) in [5, 5.41) is 0. The minimum absolute atomic E-state index is 0.877. The van der Waals surface area contributed by atoms with Gasteiger partial charge in [-0.05, 0) is 36.4 Å². The molecule has 4 aromatic rings. The van der Waals surface area contributed by atoms with E-state index in [0.29, 0.717) is 0 Å². The number of benzene rings is 1. The molecule has 1 aromatic carbocycles. The van der Waals surface area contributed by atoms with Gasteiger partial charge in [-0.15, -0.1) is 0 Å². The summed E-state index contributed by atoms with van der Waals surface area (Å²) in [5.74, 6) is 0. The molecule has 0 saturated heterocycles. The molecule has 0 radical (unpaired) electrons. The first-order valence-electron chi connectivity index (χ1n) is 6.51. The monoisotopic (exact) mass is 290 g/mol. The quantitative estimate of drug-likeness (QED) is 0.563. The molecule has 0 amide bonds. The Balaban J connectivity index is 1.97. The van der Waals surface area contributed by atoms with E-state index in [1.54, 1.807) is 12.4 Å². The molecule has 4 nitrogen and oxygen atoms in total. The van der Waals surface area contributed by atoms with Crippen molar-refractivity contribution in [2.75, 3.05) is 0 Å². The first kappa shape index (κ1) is 12.1. The van der Waals surface area contributed by atoms with Crippen LogP contribution >= 0.6 is 11.7 Å². The first-order chi connectivity index (χ1) is 10.4. The summed E-state index contributed by atoms with van der Waals surface area (Å²) in [5.41, 5.74) is 5.56. The predicted molar refractivity (Wildman–Crippen MR) is 83.9 cm³/mol. The van der Waals surface area contributed by atoms with Crippen LogP contribution in [0.2, 0.25) is 0 Å². The molecule has 0 bridgehead atoms. The zero-order valence-electron chi connectivity index (χ0n) is 11.0. The lowest BCUT2D eigenvalue weighted by molar-refractivity contribution is 1.32. The molecule has 0 unspecified atom stereocenters. The van der Waals surface area contributed by atoms with Gasteiger partial charge >= 0.3 is 0 Å². The average Bonchev–Trinajstić information content (AvgIpc) is 3.05. The number of hydrogen-bond donors (Lipinski definition) is 0. The number of nitrogens with zero attached hydrogens (tertiary/aromatic N) is 4. The topological polar surface area (TPSA) is 51.6 Å². The fourth-order valence-electron chi connectivity index (χ4n) is 2.32. The lowest BCUT2D eigenvalue weighted by Gasteiger charge is -2.05. The summed E-state index contributed by atoms with van der Waals surface area (Å²) in [6, 6.07) is 15.8. The maximum Gasteiger partial charge on any atom is 0.114 e. The Morgan fingerprint density at radius 3 is 1.57 bits per heavy atom. The molecule has 0 aliphatic rings. The summed E-state index contributed by atoms with van der Waals surface area (Å²) in [6.07, 6.45) is 3.57. The molecule has 21 heavy (non-hydrogen) atoms. The standard InChI is InChI=1S/C16H10N4S/c1-3-9-17-13(5-1)11-7-8-12(14-6-2-4-10-18-14)16-15(11)19-21-20-16/h1-10H. The number of rotatable bonds is 2. The third kappa shape index (κ3) is 2.08. The van der Waals surface area contributed by atoms with Crippen LogP contribution in [0.15, 0.2) is 60.9 Å². The van der Waals surface area contributed by atoms with Crippen molar-refractivity contribution in [2.24, 2.45) is 0 Å². The van der Waals surface area contributed by atoms with Crippen LogP contribution in [0.5, 0.6) is 0 Å². The van der Waals surface area contributed by atoms with Crippen molar-refractivity contribution in [3.05, 3.63) is 60.9 Å². The van der Waals surface area contributed by atoms with Gasteiger partial charge in [-0.1, -0.05) is 12.1 Å². The fraction of sp³-hybridized carbons (Fsp3) is 0. The van der Waals surface area contributed by atoms with Crippen LogP contribution < -0.4 is 0 Å². The Labute approximate surface area is 125 Å². The van der Waals surface area contributed by atoms with E-state index in [1.165, 1.54) is 11.7 Å². The molecule has 0 fully saturated rings. The summed E-state index contributed by atoms with van der Waals surface area (Å²) < 4.78 is 8.89. The number of pyridine rings is 2. The molecular weight excluding hydrogens is 280 g/mol. The Kier molecular flexibility index (Phi) is 2.90. The zero-order chi connectivity index (χ0) is 14.1. The molecule has 0 atom stereocenters. The van der Waals surface area contributed by atoms with Crippen LogP contribution in [0.4, 0.5) is 0 Å². The van der Waals surface area contributed by atoms with Gasteiger partial charge in [0, 0.05) is 23.5 Å². The Hall–Kier alpha value is -2.66. The minimum atomic E-state index is 0.877. The lowest BCUT2D eigenvalue weighted by atomic mass is 10.0. The fourth-order valence-corrected chi connectivity index (χ4v) is 2.90. The predicted octanol–water partition coefficient (Wildman–Crippen LogP) is 3.82. The summed E-state index contributed by atoms with van der Waals surface area (Å²) >= 11 is 1.21. The molecular formula is C16H10N4S. The number of hydrogen-bond acceptors (Lipinski definition) is 5. The van der Waals surface area contributed by atoms with E-state index in [-0.39, 0.29) is 0 Å². The Morgan fingerprint density at radius 2 is 1.14 bits per heavy atom. The Bertz CT molecular complexity index is 814. The van der Waals surface area contributed by atoms with Gasteiger partial charge in [0.1, 0.15) is 11.0 Å². The zero-order valence-corrected chi connectivity index (χ0v) is 11.8. The highest BCUT2D eigenvalue weighted by Gasteiger charge is 2.14. The van der Waals surface area contributed by atoms with Crippen molar-refractivity contribution < 1.29 is 0 Å². The summed E-state index contributed by atoms with van der Waals surface area (Å²) in [4.78, 5) is 8.80. The van der Waals surface area contributed by atoms with Crippen LogP contribution in [0.3, 0.4) is 0 Å².